The lowest BCUT2D eigenvalue weighted by Gasteiger charge is -2.22. The van der Waals surface area contributed by atoms with Crippen LogP contribution in [0.4, 0.5) is 9.93 Å². The summed E-state index contributed by atoms with van der Waals surface area (Å²) in [6.45, 7) is 2.72. The van der Waals surface area contributed by atoms with E-state index in [-0.39, 0.29) is 12.1 Å². The van der Waals surface area contributed by atoms with Crippen LogP contribution in [0, 0.1) is 6.92 Å². The number of H-pyrrole nitrogens is 1. The maximum Gasteiger partial charge on any atom is 0.324 e. The molecule has 0 radical (unpaired) electrons. The van der Waals surface area contributed by atoms with Gasteiger partial charge in [-0.05, 0) is 19.8 Å². The highest BCUT2D eigenvalue weighted by Gasteiger charge is 2.33. The van der Waals surface area contributed by atoms with E-state index in [2.05, 4.69) is 20.5 Å². The van der Waals surface area contributed by atoms with E-state index in [0.29, 0.717) is 11.7 Å². The molecule has 4 rings (SSSR count). The van der Waals surface area contributed by atoms with E-state index in [4.69, 9.17) is 4.98 Å². The summed E-state index contributed by atoms with van der Waals surface area (Å²) < 4.78 is 0. The Kier molecular flexibility index (Phi) is 4.19. The van der Waals surface area contributed by atoms with Gasteiger partial charge in [0, 0.05) is 17.8 Å². The van der Waals surface area contributed by atoms with Gasteiger partial charge in [-0.2, -0.15) is 0 Å². The van der Waals surface area contributed by atoms with Crippen molar-refractivity contribution in [2.24, 2.45) is 0 Å². The molecule has 0 bridgehead atoms. The molecule has 1 aliphatic rings. The minimum atomic E-state index is -0.158. The van der Waals surface area contributed by atoms with Crippen molar-refractivity contribution in [3.8, 4) is 11.3 Å². The summed E-state index contributed by atoms with van der Waals surface area (Å²) in [6, 6.07) is 9.87. The van der Waals surface area contributed by atoms with Crippen molar-refractivity contribution in [2.45, 2.75) is 25.8 Å². The van der Waals surface area contributed by atoms with Crippen molar-refractivity contribution in [3.63, 3.8) is 0 Å². The van der Waals surface area contributed by atoms with Crippen LogP contribution in [-0.4, -0.2) is 37.6 Å². The van der Waals surface area contributed by atoms with Gasteiger partial charge in [-0.15, -0.1) is 10.2 Å². The number of nitrogens with one attached hydrogen (secondary N) is 2. The molecule has 1 aliphatic heterocycles. The number of amides is 2. The van der Waals surface area contributed by atoms with Crippen LogP contribution in [0.5, 0.6) is 0 Å². The topological polar surface area (TPSA) is 86.8 Å². The van der Waals surface area contributed by atoms with Crippen LogP contribution in [0.15, 0.2) is 35.8 Å². The molecule has 3 heterocycles. The molecule has 1 fully saturated rings. The molecular formula is C17H18N6OS. The average molecular weight is 354 g/mol. The van der Waals surface area contributed by atoms with E-state index < -0.39 is 0 Å². The summed E-state index contributed by atoms with van der Waals surface area (Å²) in [5.41, 5.74) is 4.62. The van der Waals surface area contributed by atoms with Gasteiger partial charge in [0.2, 0.25) is 5.13 Å². The Morgan fingerprint density at radius 1 is 1.36 bits per heavy atom. The van der Waals surface area contributed by atoms with Crippen molar-refractivity contribution >= 4 is 22.5 Å². The van der Waals surface area contributed by atoms with E-state index in [1.165, 1.54) is 11.3 Å². The number of imidazole rings is 1. The number of carbonyl (C=O) groups excluding carboxylic acids is 1. The van der Waals surface area contributed by atoms with Crippen molar-refractivity contribution in [1.29, 1.82) is 0 Å². The van der Waals surface area contributed by atoms with Gasteiger partial charge in [-0.3, -0.25) is 5.32 Å². The second-order valence-electron chi connectivity index (χ2n) is 5.99. The lowest BCUT2D eigenvalue weighted by atomic mass is 10.1. The third kappa shape index (κ3) is 3.12. The van der Waals surface area contributed by atoms with Gasteiger partial charge in [0.05, 0.1) is 11.7 Å². The number of aromatic amines is 1. The third-order valence-electron chi connectivity index (χ3n) is 4.35. The van der Waals surface area contributed by atoms with Crippen molar-refractivity contribution in [3.05, 3.63) is 47.4 Å². The highest BCUT2D eigenvalue weighted by molar-refractivity contribution is 7.13. The minimum absolute atomic E-state index is 0.0518. The second kappa shape index (κ2) is 6.64. The fourth-order valence-corrected chi connectivity index (χ4v) is 3.64. The lowest BCUT2D eigenvalue weighted by Crippen LogP contribution is -2.34. The van der Waals surface area contributed by atoms with Gasteiger partial charge in [0.1, 0.15) is 11.3 Å². The van der Waals surface area contributed by atoms with E-state index >= 15 is 0 Å². The standard InChI is InChI=1S/C17H18N6OS/c1-11-14(12-6-3-2-4-7-12)20-15(19-11)13-8-5-9-23(13)17(24)21-16-22-18-10-25-16/h2-4,6-7,10,13H,5,8-9H2,1H3,(H,19,20)(H,21,22,24). The number of likely N-dealkylation sites (tertiary alicyclic amines) is 1. The van der Waals surface area contributed by atoms with Crippen LogP contribution in [0.3, 0.4) is 0 Å². The largest absolute Gasteiger partial charge is 0.344 e. The van der Waals surface area contributed by atoms with E-state index in [9.17, 15) is 4.79 Å². The zero-order valence-corrected chi connectivity index (χ0v) is 14.6. The van der Waals surface area contributed by atoms with Crippen LogP contribution in [0.25, 0.3) is 11.3 Å². The molecule has 25 heavy (non-hydrogen) atoms. The van der Waals surface area contributed by atoms with Gasteiger partial charge < -0.3 is 9.88 Å². The Morgan fingerprint density at radius 2 is 2.20 bits per heavy atom. The van der Waals surface area contributed by atoms with Gasteiger partial charge >= 0.3 is 6.03 Å². The highest BCUT2D eigenvalue weighted by atomic mass is 32.1. The molecule has 0 saturated carbocycles. The first-order valence-corrected chi connectivity index (χ1v) is 9.06. The number of hydrogen-bond acceptors (Lipinski definition) is 5. The van der Waals surface area contributed by atoms with Crippen LogP contribution < -0.4 is 5.32 Å². The molecule has 0 spiro atoms. The first kappa shape index (κ1) is 15.8. The summed E-state index contributed by atoms with van der Waals surface area (Å²) in [5, 5.41) is 10.9. The maximum atomic E-state index is 12.6. The molecule has 1 atom stereocenters. The maximum absolute atomic E-state index is 12.6. The second-order valence-corrected chi connectivity index (χ2v) is 6.82. The summed E-state index contributed by atoms with van der Waals surface area (Å²) in [4.78, 5) is 22.5. The van der Waals surface area contributed by atoms with Crippen LogP contribution in [0.2, 0.25) is 0 Å². The average Bonchev–Trinajstić information content (AvgIpc) is 3.35. The highest BCUT2D eigenvalue weighted by Crippen LogP contribution is 2.33. The van der Waals surface area contributed by atoms with Crippen molar-refractivity contribution < 1.29 is 4.79 Å². The Balaban J connectivity index is 1.57. The molecule has 128 valence electrons. The molecule has 1 unspecified atom stereocenters. The molecule has 7 nitrogen and oxygen atoms in total. The van der Waals surface area contributed by atoms with Crippen LogP contribution in [-0.2, 0) is 0 Å². The van der Waals surface area contributed by atoms with E-state index in [1.807, 2.05) is 42.2 Å². The van der Waals surface area contributed by atoms with E-state index in [1.54, 1.807) is 5.51 Å². The summed E-state index contributed by atoms with van der Waals surface area (Å²) in [7, 11) is 0. The first-order valence-electron chi connectivity index (χ1n) is 8.18. The number of benzene rings is 1. The van der Waals surface area contributed by atoms with Gasteiger partial charge in [0.25, 0.3) is 0 Å². The Hall–Kier alpha value is -2.74. The number of urea groups is 1. The number of rotatable bonds is 3. The molecule has 1 aromatic carbocycles. The lowest BCUT2D eigenvalue weighted by molar-refractivity contribution is 0.205. The Morgan fingerprint density at radius 3 is 2.96 bits per heavy atom. The fraction of sp³-hybridized carbons (Fsp3) is 0.294. The molecule has 2 amide bonds. The predicted molar refractivity (Wildman–Crippen MR) is 96.4 cm³/mol. The Labute approximate surface area is 149 Å². The molecule has 2 aromatic heterocycles. The Bertz CT molecular complexity index is 861. The minimum Gasteiger partial charge on any atom is -0.344 e. The number of anilines is 1. The molecule has 0 aliphatic carbocycles. The van der Waals surface area contributed by atoms with Gasteiger partial charge in [-0.1, -0.05) is 41.7 Å². The monoisotopic (exact) mass is 354 g/mol. The van der Waals surface area contributed by atoms with Gasteiger partial charge in [0.15, 0.2) is 0 Å². The van der Waals surface area contributed by atoms with Crippen molar-refractivity contribution in [1.82, 2.24) is 25.1 Å². The quantitative estimate of drug-likeness (QED) is 0.752. The number of carbonyl (C=O) groups is 1. The van der Waals surface area contributed by atoms with Crippen LogP contribution in [0.1, 0.15) is 30.4 Å². The molecule has 2 N–H and O–H groups in total. The summed E-state index contributed by atoms with van der Waals surface area (Å²) >= 11 is 1.31. The van der Waals surface area contributed by atoms with Crippen LogP contribution >= 0.6 is 11.3 Å². The molecule has 1 saturated heterocycles. The molecule has 3 aromatic rings. The summed E-state index contributed by atoms with van der Waals surface area (Å²) in [6.07, 6.45) is 1.85. The van der Waals surface area contributed by atoms with Crippen molar-refractivity contribution in [2.75, 3.05) is 11.9 Å². The number of aromatic nitrogens is 4. The molecule has 8 heteroatoms. The zero-order chi connectivity index (χ0) is 17.2. The number of nitrogens with zero attached hydrogens (tertiary/aromatic N) is 4. The zero-order valence-electron chi connectivity index (χ0n) is 13.8. The predicted octanol–water partition coefficient (Wildman–Crippen LogP) is 3.61. The van der Waals surface area contributed by atoms with E-state index in [0.717, 1.165) is 35.6 Å². The summed E-state index contributed by atoms with van der Waals surface area (Å²) in [5.74, 6) is 0.835. The number of aryl methyl sites for hydroxylation is 1. The normalized spacial score (nSPS) is 17.0. The smallest absolute Gasteiger partial charge is 0.324 e. The SMILES string of the molecule is Cc1[nH]c(C2CCCN2C(=O)Nc2nncs2)nc1-c1ccccc1. The number of hydrogen-bond donors (Lipinski definition) is 2. The fourth-order valence-electron chi connectivity index (χ4n) is 3.20. The first-order chi connectivity index (χ1) is 12.2. The third-order valence-corrected chi connectivity index (χ3v) is 4.96. The molecular weight excluding hydrogens is 336 g/mol. The van der Waals surface area contributed by atoms with Gasteiger partial charge in [-0.25, -0.2) is 9.78 Å².